The Kier molecular flexibility index (Phi) is 2.89. The molecule has 2 nitrogen and oxygen atoms in total. The molecule has 3 heteroatoms. The maximum atomic E-state index is 6.14. The van der Waals surface area contributed by atoms with Crippen molar-refractivity contribution in [3.8, 4) is 0 Å². The number of rotatable bonds is 2. The summed E-state index contributed by atoms with van der Waals surface area (Å²) in [6.45, 7) is 5.99. The molecular formula is C13H24O2Si. The quantitative estimate of drug-likeness (QED) is 0.547. The average Bonchev–Trinajstić information content (AvgIpc) is 3.08. The van der Waals surface area contributed by atoms with E-state index in [1.165, 1.54) is 38.1 Å². The van der Waals surface area contributed by atoms with Crippen molar-refractivity contribution in [3.63, 3.8) is 0 Å². The third-order valence-corrected chi connectivity index (χ3v) is 8.77. The van der Waals surface area contributed by atoms with Gasteiger partial charge in [-0.3, -0.25) is 0 Å². The molecule has 0 N–H and O–H groups in total. The first-order valence-electron chi connectivity index (χ1n) is 6.95. The van der Waals surface area contributed by atoms with E-state index in [0.717, 1.165) is 12.5 Å². The van der Waals surface area contributed by atoms with Crippen LogP contribution in [0.15, 0.2) is 0 Å². The van der Waals surface area contributed by atoms with Gasteiger partial charge in [0.1, 0.15) is 0 Å². The van der Waals surface area contributed by atoms with E-state index < -0.39 is 9.04 Å². The molecular weight excluding hydrogens is 216 g/mol. The Hall–Kier alpha value is 0.137. The highest BCUT2D eigenvalue weighted by atomic mass is 28.3. The fourth-order valence-electron chi connectivity index (χ4n) is 3.67. The molecule has 0 bridgehead atoms. The van der Waals surface area contributed by atoms with E-state index in [0.29, 0.717) is 17.2 Å². The van der Waals surface area contributed by atoms with Crippen LogP contribution < -0.4 is 0 Å². The molecule has 3 fully saturated rings. The van der Waals surface area contributed by atoms with E-state index in [1.54, 1.807) is 0 Å². The van der Waals surface area contributed by atoms with Crippen molar-refractivity contribution >= 4 is 9.04 Å². The van der Waals surface area contributed by atoms with E-state index in [1.807, 2.05) is 0 Å². The smallest absolute Gasteiger partial charge is 0.182 e. The van der Waals surface area contributed by atoms with Crippen molar-refractivity contribution < 1.29 is 9.16 Å². The molecule has 0 radical (unpaired) electrons. The van der Waals surface area contributed by atoms with Gasteiger partial charge in [-0.05, 0) is 42.7 Å². The molecule has 1 aliphatic carbocycles. The predicted octanol–water partition coefficient (Wildman–Crippen LogP) is 2.87. The molecule has 2 heterocycles. The first kappa shape index (κ1) is 11.2. The lowest BCUT2D eigenvalue weighted by Gasteiger charge is -2.42. The number of fused-ring (bicyclic) bond motifs is 1. The second-order valence-corrected chi connectivity index (χ2v) is 9.78. The lowest BCUT2D eigenvalue weighted by atomic mass is 9.81. The Morgan fingerprint density at radius 1 is 1.12 bits per heavy atom. The molecule has 2 saturated heterocycles. The second kappa shape index (κ2) is 4.11. The number of ether oxygens (including phenoxy) is 1. The molecule has 92 valence electrons. The van der Waals surface area contributed by atoms with Crippen LogP contribution in [-0.4, -0.2) is 27.9 Å². The molecule has 0 aromatic carbocycles. The van der Waals surface area contributed by atoms with Crippen LogP contribution in [0.1, 0.15) is 46.0 Å². The van der Waals surface area contributed by atoms with Crippen LogP contribution in [0.5, 0.6) is 0 Å². The van der Waals surface area contributed by atoms with Gasteiger partial charge in [0.25, 0.3) is 0 Å². The normalized spacial score (nSPS) is 43.9. The Morgan fingerprint density at radius 2 is 2.00 bits per heavy atom. The van der Waals surface area contributed by atoms with Crippen LogP contribution in [0.2, 0.25) is 11.1 Å². The highest BCUT2D eigenvalue weighted by molar-refractivity contribution is 6.55. The first-order chi connectivity index (χ1) is 7.68. The van der Waals surface area contributed by atoms with Crippen LogP contribution in [-0.2, 0) is 9.16 Å². The Balaban J connectivity index is 1.65. The molecule has 4 atom stereocenters. The number of epoxide rings is 1. The van der Waals surface area contributed by atoms with Crippen LogP contribution >= 0.6 is 0 Å². The van der Waals surface area contributed by atoms with E-state index >= 15 is 0 Å². The molecule has 0 amide bonds. The standard InChI is InChI=1S/C13H24O2Si/c1-13(2,16-8-4-3-7-14-16)10-5-6-11-12(9-10)15-11/h10-12,16H,3-9H2,1-2H3. The summed E-state index contributed by atoms with van der Waals surface area (Å²) in [5.74, 6) is 0.867. The maximum Gasteiger partial charge on any atom is 0.182 e. The molecule has 1 saturated carbocycles. The summed E-state index contributed by atoms with van der Waals surface area (Å²) in [5.41, 5.74) is 0. The molecule has 2 aliphatic heterocycles. The molecule has 3 rings (SSSR count). The molecule has 3 aliphatic rings. The highest BCUT2D eigenvalue weighted by Crippen LogP contribution is 2.52. The Morgan fingerprint density at radius 3 is 2.69 bits per heavy atom. The van der Waals surface area contributed by atoms with E-state index in [9.17, 15) is 0 Å². The number of hydrogen-bond donors (Lipinski definition) is 0. The zero-order valence-electron chi connectivity index (χ0n) is 10.6. The van der Waals surface area contributed by atoms with Gasteiger partial charge in [0.15, 0.2) is 9.04 Å². The Bertz CT molecular complexity index is 261. The first-order valence-corrected chi connectivity index (χ1v) is 8.81. The maximum absolute atomic E-state index is 6.14. The lowest BCUT2D eigenvalue weighted by Crippen LogP contribution is -2.40. The van der Waals surface area contributed by atoms with E-state index in [4.69, 9.17) is 9.16 Å². The van der Waals surface area contributed by atoms with Gasteiger partial charge in [-0.1, -0.05) is 20.3 Å². The molecule has 16 heavy (non-hydrogen) atoms. The summed E-state index contributed by atoms with van der Waals surface area (Å²) in [6, 6.07) is 1.40. The van der Waals surface area contributed by atoms with E-state index in [-0.39, 0.29) is 0 Å². The van der Waals surface area contributed by atoms with E-state index in [2.05, 4.69) is 13.8 Å². The molecule has 4 unspecified atom stereocenters. The number of hydrogen-bond acceptors (Lipinski definition) is 2. The van der Waals surface area contributed by atoms with Crippen molar-refractivity contribution in [1.82, 2.24) is 0 Å². The van der Waals surface area contributed by atoms with Crippen LogP contribution in [0, 0.1) is 5.92 Å². The average molecular weight is 240 g/mol. The topological polar surface area (TPSA) is 21.8 Å². The summed E-state index contributed by atoms with van der Waals surface area (Å²) in [6.07, 6.45) is 7.95. The third kappa shape index (κ3) is 1.98. The monoisotopic (exact) mass is 240 g/mol. The third-order valence-electron chi connectivity index (χ3n) is 5.07. The van der Waals surface area contributed by atoms with Crippen LogP contribution in [0.4, 0.5) is 0 Å². The minimum absolute atomic E-state index is 0.483. The van der Waals surface area contributed by atoms with Crippen LogP contribution in [0.25, 0.3) is 0 Å². The highest BCUT2D eigenvalue weighted by Gasteiger charge is 2.50. The van der Waals surface area contributed by atoms with Gasteiger partial charge in [0.2, 0.25) is 0 Å². The van der Waals surface area contributed by atoms with Gasteiger partial charge in [-0.2, -0.15) is 0 Å². The van der Waals surface area contributed by atoms with Gasteiger partial charge in [-0.15, -0.1) is 0 Å². The van der Waals surface area contributed by atoms with Crippen molar-refractivity contribution in [3.05, 3.63) is 0 Å². The fraction of sp³-hybridized carbons (Fsp3) is 1.00. The van der Waals surface area contributed by atoms with Gasteiger partial charge in [-0.25, -0.2) is 0 Å². The van der Waals surface area contributed by atoms with Gasteiger partial charge >= 0.3 is 0 Å². The molecule has 0 aromatic heterocycles. The SMILES string of the molecule is CC(C)(C1CCC2OC2C1)[SiH]1CCCCO1. The summed E-state index contributed by atoms with van der Waals surface area (Å²) in [5, 5.41) is 0.483. The lowest BCUT2D eigenvalue weighted by molar-refractivity contribution is 0.226. The van der Waals surface area contributed by atoms with Gasteiger partial charge in [0.05, 0.1) is 12.2 Å². The molecule has 0 aromatic rings. The van der Waals surface area contributed by atoms with Crippen molar-refractivity contribution in [2.75, 3.05) is 6.61 Å². The largest absolute Gasteiger partial charge is 0.419 e. The summed E-state index contributed by atoms with van der Waals surface area (Å²) < 4.78 is 11.8. The second-order valence-electron chi connectivity index (χ2n) is 6.40. The van der Waals surface area contributed by atoms with Crippen molar-refractivity contribution in [1.29, 1.82) is 0 Å². The fourth-order valence-corrected chi connectivity index (χ4v) is 6.95. The minimum Gasteiger partial charge on any atom is -0.419 e. The zero-order valence-corrected chi connectivity index (χ0v) is 11.7. The van der Waals surface area contributed by atoms with Crippen LogP contribution in [0.3, 0.4) is 0 Å². The summed E-state index contributed by atoms with van der Waals surface area (Å²) in [4.78, 5) is 0. The van der Waals surface area contributed by atoms with Gasteiger partial charge in [0, 0.05) is 6.61 Å². The summed E-state index contributed by atoms with van der Waals surface area (Å²) >= 11 is 0. The summed E-state index contributed by atoms with van der Waals surface area (Å²) in [7, 11) is -0.973. The van der Waals surface area contributed by atoms with Crippen molar-refractivity contribution in [2.24, 2.45) is 5.92 Å². The minimum atomic E-state index is -0.973. The predicted molar refractivity (Wildman–Crippen MR) is 67.2 cm³/mol. The molecule has 0 spiro atoms. The van der Waals surface area contributed by atoms with Gasteiger partial charge < -0.3 is 9.16 Å². The van der Waals surface area contributed by atoms with Crippen molar-refractivity contribution in [2.45, 2.75) is 69.2 Å². The zero-order chi connectivity index (χ0) is 11.2. The Labute approximate surface area is 100 Å².